The third-order valence-electron chi connectivity index (χ3n) is 2.52. The SMILES string of the molecule is COc1cccc(Oc2cc(Br)ccc2CN)c1. The molecule has 0 atom stereocenters. The van der Waals surface area contributed by atoms with Gasteiger partial charge in [-0.2, -0.15) is 0 Å². The summed E-state index contributed by atoms with van der Waals surface area (Å²) in [5.74, 6) is 2.24. The van der Waals surface area contributed by atoms with Crippen molar-refractivity contribution in [2.45, 2.75) is 6.54 Å². The van der Waals surface area contributed by atoms with Gasteiger partial charge in [0.2, 0.25) is 0 Å². The summed E-state index contributed by atoms with van der Waals surface area (Å²) in [6.45, 7) is 0.437. The highest BCUT2D eigenvalue weighted by atomic mass is 79.9. The van der Waals surface area contributed by atoms with Crippen molar-refractivity contribution in [1.29, 1.82) is 0 Å². The first-order valence-electron chi connectivity index (χ1n) is 5.53. The second-order valence-electron chi connectivity index (χ2n) is 3.74. The Labute approximate surface area is 115 Å². The lowest BCUT2D eigenvalue weighted by molar-refractivity contribution is 0.408. The van der Waals surface area contributed by atoms with Gasteiger partial charge >= 0.3 is 0 Å². The van der Waals surface area contributed by atoms with Gasteiger partial charge in [0, 0.05) is 22.6 Å². The Hall–Kier alpha value is -1.52. The van der Waals surface area contributed by atoms with E-state index < -0.39 is 0 Å². The molecule has 2 rings (SSSR count). The van der Waals surface area contributed by atoms with Gasteiger partial charge in [0.25, 0.3) is 0 Å². The van der Waals surface area contributed by atoms with Crippen LogP contribution in [0.25, 0.3) is 0 Å². The van der Waals surface area contributed by atoms with Crippen LogP contribution in [0.4, 0.5) is 0 Å². The number of hydrogen-bond donors (Lipinski definition) is 1. The molecule has 0 spiro atoms. The van der Waals surface area contributed by atoms with Crippen LogP contribution in [0.2, 0.25) is 0 Å². The minimum Gasteiger partial charge on any atom is -0.497 e. The van der Waals surface area contributed by atoms with Gasteiger partial charge in [-0.25, -0.2) is 0 Å². The van der Waals surface area contributed by atoms with Crippen molar-refractivity contribution in [2.75, 3.05) is 7.11 Å². The summed E-state index contributed by atoms with van der Waals surface area (Å²) in [7, 11) is 1.63. The van der Waals surface area contributed by atoms with Gasteiger partial charge in [-0.1, -0.05) is 28.1 Å². The molecule has 0 amide bonds. The molecule has 0 saturated heterocycles. The molecule has 94 valence electrons. The minimum atomic E-state index is 0.437. The maximum atomic E-state index is 5.83. The monoisotopic (exact) mass is 307 g/mol. The molecule has 4 heteroatoms. The molecular weight excluding hydrogens is 294 g/mol. The maximum Gasteiger partial charge on any atom is 0.133 e. The molecule has 2 aromatic rings. The fourth-order valence-corrected chi connectivity index (χ4v) is 1.92. The second-order valence-corrected chi connectivity index (χ2v) is 4.65. The Bertz CT molecular complexity index is 543. The van der Waals surface area contributed by atoms with E-state index in [1.807, 2.05) is 42.5 Å². The molecule has 0 aromatic heterocycles. The van der Waals surface area contributed by atoms with Crippen molar-refractivity contribution in [3.05, 3.63) is 52.5 Å². The first-order valence-corrected chi connectivity index (χ1v) is 6.32. The molecule has 0 fully saturated rings. The zero-order valence-electron chi connectivity index (χ0n) is 10.0. The topological polar surface area (TPSA) is 44.5 Å². The van der Waals surface area contributed by atoms with Crippen LogP contribution in [0.15, 0.2) is 46.9 Å². The second kappa shape index (κ2) is 5.89. The van der Waals surface area contributed by atoms with Gasteiger partial charge in [-0.3, -0.25) is 0 Å². The van der Waals surface area contributed by atoms with Gasteiger partial charge in [-0.05, 0) is 24.3 Å². The molecule has 0 aliphatic carbocycles. The molecule has 0 bridgehead atoms. The van der Waals surface area contributed by atoms with E-state index in [9.17, 15) is 0 Å². The van der Waals surface area contributed by atoms with Crippen LogP contribution in [-0.2, 0) is 6.54 Å². The Morgan fingerprint density at radius 3 is 2.61 bits per heavy atom. The molecule has 0 heterocycles. The van der Waals surface area contributed by atoms with Crippen molar-refractivity contribution >= 4 is 15.9 Å². The highest BCUT2D eigenvalue weighted by molar-refractivity contribution is 9.10. The third-order valence-corrected chi connectivity index (χ3v) is 3.01. The lowest BCUT2D eigenvalue weighted by Crippen LogP contribution is -1.99. The zero-order valence-corrected chi connectivity index (χ0v) is 11.6. The molecule has 0 saturated carbocycles. The first kappa shape index (κ1) is 12.9. The van der Waals surface area contributed by atoms with Gasteiger partial charge in [0.1, 0.15) is 17.2 Å². The number of hydrogen-bond acceptors (Lipinski definition) is 3. The number of benzene rings is 2. The molecule has 0 aliphatic rings. The van der Waals surface area contributed by atoms with E-state index >= 15 is 0 Å². The van der Waals surface area contributed by atoms with Crippen LogP contribution in [0, 0.1) is 0 Å². The molecule has 0 aliphatic heterocycles. The van der Waals surface area contributed by atoms with Crippen LogP contribution < -0.4 is 15.2 Å². The van der Waals surface area contributed by atoms with Crippen LogP contribution in [0.1, 0.15) is 5.56 Å². The Morgan fingerprint density at radius 1 is 1.11 bits per heavy atom. The Morgan fingerprint density at radius 2 is 1.89 bits per heavy atom. The summed E-state index contributed by atoms with van der Waals surface area (Å²) in [5, 5.41) is 0. The van der Waals surface area contributed by atoms with Gasteiger partial charge in [0.05, 0.1) is 7.11 Å². The normalized spacial score (nSPS) is 10.2. The number of rotatable bonds is 4. The molecule has 0 unspecified atom stereocenters. The summed E-state index contributed by atoms with van der Waals surface area (Å²) < 4.78 is 11.9. The zero-order chi connectivity index (χ0) is 13.0. The highest BCUT2D eigenvalue weighted by Gasteiger charge is 2.05. The number of methoxy groups -OCH3 is 1. The van der Waals surface area contributed by atoms with Crippen LogP contribution >= 0.6 is 15.9 Å². The van der Waals surface area contributed by atoms with Crippen LogP contribution in [0.5, 0.6) is 17.2 Å². The number of halogens is 1. The third kappa shape index (κ3) is 3.03. The Balaban J connectivity index is 2.29. The predicted molar refractivity (Wildman–Crippen MR) is 75.1 cm³/mol. The molecular formula is C14H14BrNO2. The Kier molecular flexibility index (Phi) is 4.23. The average Bonchev–Trinajstić information content (AvgIpc) is 2.39. The minimum absolute atomic E-state index is 0.437. The molecule has 3 nitrogen and oxygen atoms in total. The van der Waals surface area contributed by atoms with Crippen LogP contribution in [-0.4, -0.2) is 7.11 Å². The van der Waals surface area contributed by atoms with Crippen molar-refractivity contribution in [3.8, 4) is 17.2 Å². The van der Waals surface area contributed by atoms with Crippen molar-refractivity contribution in [2.24, 2.45) is 5.73 Å². The highest BCUT2D eigenvalue weighted by Crippen LogP contribution is 2.30. The summed E-state index contributed by atoms with van der Waals surface area (Å²) >= 11 is 3.42. The predicted octanol–water partition coefficient (Wildman–Crippen LogP) is 3.71. The van der Waals surface area contributed by atoms with Crippen LogP contribution in [0.3, 0.4) is 0 Å². The van der Waals surface area contributed by atoms with Gasteiger partial charge < -0.3 is 15.2 Å². The fraction of sp³-hybridized carbons (Fsp3) is 0.143. The lowest BCUT2D eigenvalue weighted by Gasteiger charge is -2.11. The van der Waals surface area contributed by atoms with Gasteiger partial charge in [-0.15, -0.1) is 0 Å². The smallest absolute Gasteiger partial charge is 0.133 e. The van der Waals surface area contributed by atoms with E-state index in [-0.39, 0.29) is 0 Å². The quantitative estimate of drug-likeness (QED) is 0.936. The summed E-state index contributed by atoms with van der Waals surface area (Å²) in [6, 6.07) is 13.3. The molecule has 18 heavy (non-hydrogen) atoms. The molecule has 2 N–H and O–H groups in total. The van der Waals surface area contributed by atoms with E-state index in [1.54, 1.807) is 7.11 Å². The van der Waals surface area contributed by atoms with Crippen molar-refractivity contribution < 1.29 is 9.47 Å². The fourth-order valence-electron chi connectivity index (χ4n) is 1.58. The molecule has 2 aromatic carbocycles. The molecule has 0 radical (unpaired) electrons. The largest absolute Gasteiger partial charge is 0.497 e. The average molecular weight is 308 g/mol. The van der Waals surface area contributed by atoms with Gasteiger partial charge in [0.15, 0.2) is 0 Å². The lowest BCUT2D eigenvalue weighted by atomic mass is 10.2. The van der Waals surface area contributed by atoms with E-state index in [0.29, 0.717) is 6.54 Å². The first-order chi connectivity index (χ1) is 8.72. The number of ether oxygens (including phenoxy) is 2. The van der Waals surface area contributed by atoms with E-state index in [4.69, 9.17) is 15.2 Å². The summed E-state index contributed by atoms with van der Waals surface area (Å²) in [5.41, 5.74) is 6.65. The standard InChI is InChI=1S/C14H14BrNO2/c1-17-12-3-2-4-13(8-12)18-14-7-11(15)6-5-10(14)9-16/h2-8H,9,16H2,1H3. The van der Waals surface area contributed by atoms with E-state index in [1.165, 1.54) is 0 Å². The number of nitrogens with two attached hydrogens (primary N) is 1. The van der Waals surface area contributed by atoms with Crippen molar-refractivity contribution in [3.63, 3.8) is 0 Å². The van der Waals surface area contributed by atoms with Crippen molar-refractivity contribution in [1.82, 2.24) is 0 Å². The summed E-state index contributed by atoms with van der Waals surface area (Å²) in [6.07, 6.45) is 0. The van der Waals surface area contributed by atoms with E-state index in [2.05, 4.69) is 15.9 Å². The maximum absolute atomic E-state index is 5.83. The summed E-state index contributed by atoms with van der Waals surface area (Å²) in [4.78, 5) is 0. The van der Waals surface area contributed by atoms with E-state index in [0.717, 1.165) is 27.3 Å².